The van der Waals surface area contributed by atoms with Gasteiger partial charge in [-0.1, -0.05) is 24.3 Å². The number of Topliss-reactive ketones (excluding diaryl/α,β-unsaturated/α-hetero) is 1. The van der Waals surface area contributed by atoms with E-state index in [-0.39, 0.29) is 35.7 Å². The molecule has 0 saturated carbocycles. The molecule has 0 aliphatic heterocycles. The summed E-state index contributed by atoms with van der Waals surface area (Å²) in [5, 5.41) is 21.5. The van der Waals surface area contributed by atoms with Crippen LogP contribution < -0.4 is 21.7 Å². The number of anilines is 1. The molecule has 2 aromatic carbocycles. The van der Waals surface area contributed by atoms with Crippen molar-refractivity contribution < 1.29 is 14.4 Å². The highest BCUT2D eigenvalue weighted by molar-refractivity contribution is 5.99. The number of nitrogens with zero attached hydrogens (tertiary/aromatic N) is 5. The molecule has 0 bridgehead atoms. The lowest BCUT2D eigenvalue weighted by molar-refractivity contribution is 0.0927. The number of carbonyl (C=O) groups is 3. The predicted molar refractivity (Wildman–Crippen MR) is 151 cm³/mol. The number of fused-ring (bicyclic) bond motifs is 2. The van der Waals surface area contributed by atoms with Gasteiger partial charge in [0.25, 0.3) is 11.8 Å². The Hall–Kier alpha value is -5.57. The van der Waals surface area contributed by atoms with Crippen LogP contribution in [0.4, 0.5) is 5.69 Å². The van der Waals surface area contributed by atoms with Crippen molar-refractivity contribution in [3.8, 4) is 6.19 Å². The van der Waals surface area contributed by atoms with Gasteiger partial charge in [-0.15, -0.1) is 4.99 Å². The van der Waals surface area contributed by atoms with Crippen LogP contribution in [0.3, 0.4) is 0 Å². The van der Waals surface area contributed by atoms with Crippen LogP contribution in [0.1, 0.15) is 73.0 Å². The van der Waals surface area contributed by atoms with Crippen molar-refractivity contribution in [1.82, 2.24) is 25.2 Å². The maximum absolute atomic E-state index is 13.5. The van der Waals surface area contributed by atoms with Gasteiger partial charge in [0.1, 0.15) is 11.4 Å². The van der Waals surface area contributed by atoms with Gasteiger partial charge in [0.15, 0.2) is 11.4 Å². The summed E-state index contributed by atoms with van der Waals surface area (Å²) >= 11 is 0. The molecule has 0 unspecified atom stereocenters. The van der Waals surface area contributed by atoms with Gasteiger partial charge in [-0.3, -0.25) is 14.4 Å². The highest BCUT2D eigenvalue weighted by Gasteiger charge is 2.28. The van der Waals surface area contributed by atoms with Crippen LogP contribution in [-0.2, 0) is 13.0 Å². The number of aromatic nitrogens is 3. The highest BCUT2D eigenvalue weighted by atomic mass is 16.2. The molecule has 1 aliphatic rings. The van der Waals surface area contributed by atoms with Crippen molar-refractivity contribution in [3.05, 3.63) is 93.9 Å². The van der Waals surface area contributed by atoms with Crippen LogP contribution >= 0.6 is 0 Å². The Balaban J connectivity index is 1.33. The normalized spacial score (nSPS) is 14.3. The first kappa shape index (κ1) is 27.0. The molecular formula is C29H27N9O3. The van der Waals surface area contributed by atoms with E-state index in [0.717, 1.165) is 28.7 Å². The second kappa shape index (κ2) is 11.3. The summed E-state index contributed by atoms with van der Waals surface area (Å²) in [6.45, 7) is 3.66. The number of hydrogen-bond donors (Lipinski definition) is 4. The predicted octanol–water partition coefficient (Wildman–Crippen LogP) is 2.80. The van der Waals surface area contributed by atoms with Crippen molar-refractivity contribution in [2.24, 2.45) is 10.7 Å². The molecule has 4 aromatic rings. The molecule has 0 fully saturated rings. The fraction of sp³-hybridized carbons (Fsp3) is 0.207. The Morgan fingerprint density at radius 1 is 1.17 bits per heavy atom. The molecule has 2 amide bonds. The standard InChI is InChI=1S/C29H27N9O3/c1-16-20(17(2)39)6-7-22-21(16)8-9-23(22)37-28(41)25-13-24(36-26-10-11-34-38(25)26)27(40)32-14-18-4-3-5-19(12-18)35-29(31)33-15-30/h3-7,10-13,23H,8-9,14H2,1-2H3,(H,32,40)(H,37,41)(H3,31,33,35)/t23-/m0/s1. The van der Waals surface area contributed by atoms with Crippen molar-refractivity contribution in [1.29, 1.82) is 5.26 Å². The average Bonchev–Trinajstić information content (AvgIpc) is 3.59. The SMILES string of the molecule is CC(=O)c1ccc2c(c1C)CC[C@@H]2NC(=O)c1cc(C(=O)NCc2cccc(N/C(N)=N/C#N)c2)nc2ccnn12. The van der Waals surface area contributed by atoms with E-state index >= 15 is 0 Å². The van der Waals surface area contributed by atoms with E-state index in [2.05, 4.69) is 31.0 Å². The molecule has 2 aromatic heterocycles. The zero-order valence-electron chi connectivity index (χ0n) is 22.4. The maximum Gasteiger partial charge on any atom is 0.270 e. The van der Waals surface area contributed by atoms with Gasteiger partial charge in [-0.25, -0.2) is 9.50 Å². The molecule has 0 saturated heterocycles. The maximum atomic E-state index is 13.5. The van der Waals surface area contributed by atoms with E-state index in [4.69, 9.17) is 11.0 Å². The molecule has 1 aliphatic carbocycles. The van der Waals surface area contributed by atoms with E-state index < -0.39 is 11.8 Å². The molecular weight excluding hydrogens is 522 g/mol. The third kappa shape index (κ3) is 5.60. The number of guanidine groups is 1. The average molecular weight is 550 g/mol. The Morgan fingerprint density at radius 2 is 2.00 bits per heavy atom. The number of amides is 2. The first-order chi connectivity index (χ1) is 19.7. The number of hydrogen-bond acceptors (Lipinski definition) is 7. The lowest BCUT2D eigenvalue weighted by Crippen LogP contribution is -2.30. The quantitative estimate of drug-likeness (QED) is 0.118. The van der Waals surface area contributed by atoms with Gasteiger partial charge in [-0.2, -0.15) is 10.4 Å². The number of rotatable bonds is 7. The zero-order chi connectivity index (χ0) is 29.1. The molecule has 206 valence electrons. The minimum absolute atomic E-state index is 0.0144. The van der Waals surface area contributed by atoms with Gasteiger partial charge >= 0.3 is 0 Å². The molecule has 0 radical (unpaired) electrons. The van der Waals surface area contributed by atoms with E-state index in [1.165, 1.54) is 16.8 Å². The van der Waals surface area contributed by atoms with Crippen LogP contribution in [0.25, 0.3) is 5.65 Å². The zero-order valence-corrected chi connectivity index (χ0v) is 22.4. The van der Waals surface area contributed by atoms with E-state index in [1.807, 2.05) is 25.1 Å². The molecule has 5 N–H and O–H groups in total. The van der Waals surface area contributed by atoms with E-state index in [0.29, 0.717) is 23.3 Å². The third-order valence-corrected chi connectivity index (χ3v) is 7.03. The Bertz CT molecular complexity index is 1770. The van der Waals surface area contributed by atoms with Crippen LogP contribution in [0.5, 0.6) is 0 Å². The minimum Gasteiger partial charge on any atom is -0.369 e. The number of nitrogens with one attached hydrogen (secondary N) is 3. The largest absolute Gasteiger partial charge is 0.369 e. The summed E-state index contributed by atoms with van der Waals surface area (Å²) in [5.74, 6) is -0.891. The van der Waals surface area contributed by atoms with Gasteiger partial charge in [-0.05, 0) is 61.1 Å². The fourth-order valence-electron chi connectivity index (χ4n) is 5.10. The van der Waals surface area contributed by atoms with Crippen molar-refractivity contribution >= 4 is 34.9 Å². The summed E-state index contributed by atoms with van der Waals surface area (Å²) in [4.78, 5) is 46.3. The van der Waals surface area contributed by atoms with Gasteiger partial charge in [0.2, 0.25) is 12.2 Å². The number of ketones is 1. The number of benzene rings is 2. The van der Waals surface area contributed by atoms with Crippen LogP contribution in [0.15, 0.2) is 59.7 Å². The molecule has 12 heteroatoms. The first-order valence-corrected chi connectivity index (χ1v) is 12.9. The van der Waals surface area contributed by atoms with Gasteiger partial charge < -0.3 is 21.7 Å². The molecule has 2 heterocycles. The summed E-state index contributed by atoms with van der Waals surface area (Å²) < 4.78 is 1.40. The van der Waals surface area contributed by atoms with Crippen molar-refractivity contribution in [3.63, 3.8) is 0 Å². The molecule has 0 spiro atoms. The van der Waals surface area contributed by atoms with Gasteiger partial charge in [0, 0.05) is 29.9 Å². The van der Waals surface area contributed by atoms with Crippen LogP contribution in [0, 0.1) is 18.4 Å². The third-order valence-electron chi connectivity index (χ3n) is 7.03. The summed E-state index contributed by atoms with van der Waals surface area (Å²) in [6, 6.07) is 13.6. The van der Waals surface area contributed by atoms with Crippen LogP contribution in [-0.4, -0.2) is 38.2 Å². The lowest BCUT2D eigenvalue weighted by Gasteiger charge is -2.16. The summed E-state index contributed by atoms with van der Waals surface area (Å²) in [7, 11) is 0. The summed E-state index contributed by atoms with van der Waals surface area (Å²) in [6.07, 6.45) is 4.57. The monoisotopic (exact) mass is 549 g/mol. The summed E-state index contributed by atoms with van der Waals surface area (Å²) in [5.41, 5.74) is 11.3. The lowest BCUT2D eigenvalue weighted by atomic mass is 9.96. The number of nitrogens with two attached hydrogens (primary N) is 1. The second-order valence-corrected chi connectivity index (χ2v) is 9.66. The van der Waals surface area contributed by atoms with E-state index in [9.17, 15) is 14.4 Å². The van der Waals surface area contributed by atoms with Crippen LogP contribution in [0.2, 0.25) is 0 Å². The van der Waals surface area contributed by atoms with Crippen molar-refractivity contribution in [2.45, 2.75) is 39.3 Å². The number of nitriles is 1. The molecule has 12 nitrogen and oxygen atoms in total. The number of aliphatic imine (C=N–C) groups is 1. The fourth-order valence-corrected chi connectivity index (χ4v) is 5.10. The molecule has 1 atom stereocenters. The first-order valence-electron chi connectivity index (χ1n) is 12.9. The topological polar surface area (TPSA) is 180 Å². The Labute approximate surface area is 235 Å². The Kier molecular flexibility index (Phi) is 7.43. The van der Waals surface area contributed by atoms with E-state index in [1.54, 1.807) is 37.4 Å². The highest BCUT2D eigenvalue weighted by Crippen LogP contribution is 2.35. The Morgan fingerprint density at radius 3 is 2.78 bits per heavy atom. The second-order valence-electron chi connectivity index (χ2n) is 9.66. The minimum atomic E-state index is -0.467. The molecule has 5 rings (SSSR count). The molecule has 41 heavy (non-hydrogen) atoms. The smallest absolute Gasteiger partial charge is 0.270 e. The van der Waals surface area contributed by atoms with Gasteiger partial charge in [0.05, 0.1) is 12.2 Å². The van der Waals surface area contributed by atoms with Crippen molar-refractivity contribution in [2.75, 3.05) is 5.32 Å². The number of carbonyl (C=O) groups excluding carboxylic acids is 3.